The van der Waals surface area contributed by atoms with Crippen LogP contribution in [0.1, 0.15) is 104 Å². The second-order valence-electron chi connectivity index (χ2n) is 14.8. The zero-order valence-corrected chi connectivity index (χ0v) is 23.1. The van der Waals surface area contributed by atoms with Gasteiger partial charge in [0.1, 0.15) is 0 Å². The number of nitrogens with zero attached hydrogens (tertiary/aromatic N) is 2. The van der Waals surface area contributed by atoms with Crippen LogP contribution in [0.15, 0.2) is 12.7 Å². The SMILES string of the molecule is C=CC[N+]1([C@H]2CC3C4CC[C@H]5C[C@H](O)[C@@H](N6CCCCC6)C[C@]5(C)C4CC[C@]3(C)C2)CCCCC1. The van der Waals surface area contributed by atoms with Gasteiger partial charge < -0.3 is 9.59 Å². The van der Waals surface area contributed by atoms with Gasteiger partial charge in [0.25, 0.3) is 0 Å². The van der Waals surface area contributed by atoms with Gasteiger partial charge in [0.05, 0.1) is 31.8 Å². The molecule has 3 nitrogen and oxygen atoms in total. The van der Waals surface area contributed by atoms with Gasteiger partial charge in [-0.15, -0.1) is 0 Å². The number of aliphatic hydroxyl groups excluding tert-OH is 1. The van der Waals surface area contributed by atoms with Crippen LogP contribution in [0.2, 0.25) is 0 Å². The number of fused-ring (bicyclic) bond motifs is 5. The van der Waals surface area contributed by atoms with Gasteiger partial charge in [0, 0.05) is 18.9 Å². The Morgan fingerprint density at radius 3 is 2.40 bits per heavy atom. The molecule has 0 amide bonds. The van der Waals surface area contributed by atoms with Crippen molar-refractivity contribution in [3.63, 3.8) is 0 Å². The van der Waals surface area contributed by atoms with E-state index in [1.807, 2.05) is 0 Å². The molecule has 6 fully saturated rings. The Balaban J connectivity index is 1.24. The fraction of sp³-hybridized carbons (Fsp3) is 0.938. The molecule has 0 bridgehead atoms. The Morgan fingerprint density at radius 1 is 0.914 bits per heavy atom. The van der Waals surface area contributed by atoms with E-state index >= 15 is 0 Å². The normalized spacial score (nSPS) is 50.1. The van der Waals surface area contributed by atoms with Gasteiger partial charge in [-0.2, -0.15) is 0 Å². The Morgan fingerprint density at radius 2 is 1.66 bits per heavy atom. The Bertz CT molecular complexity index is 770. The number of piperidine rings is 2. The van der Waals surface area contributed by atoms with Crippen molar-refractivity contribution in [1.82, 2.24) is 4.90 Å². The molecule has 0 aromatic carbocycles. The van der Waals surface area contributed by atoms with Crippen LogP contribution in [-0.2, 0) is 0 Å². The molecule has 1 N–H and O–H groups in total. The van der Waals surface area contributed by atoms with Crippen molar-refractivity contribution < 1.29 is 9.59 Å². The molecule has 0 radical (unpaired) electrons. The molecule has 4 saturated carbocycles. The number of hydrogen-bond donors (Lipinski definition) is 1. The maximum atomic E-state index is 11.3. The van der Waals surface area contributed by atoms with Crippen LogP contribution in [0.4, 0.5) is 0 Å². The summed E-state index contributed by atoms with van der Waals surface area (Å²) in [5, 5.41) is 11.3. The van der Waals surface area contributed by atoms with E-state index in [2.05, 4.69) is 31.4 Å². The van der Waals surface area contributed by atoms with E-state index in [-0.39, 0.29) is 6.10 Å². The molecular weight excluding hydrogens is 428 g/mol. The van der Waals surface area contributed by atoms with Crippen molar-refractivity contribution >= 4 is 0 Å². The van der Waals surface area contributed by atoms with Crippen LogP contribution < -0.4 is 0 Å². The van der Waals surface area contributed by atoms with Crippen molar-refractivity contribution in [2.45, 2.75) is 122 Å². The lowest BCUT2D eigenvalue weighted by Gasteiger charge is -2.62. The van der Waals surface area contributed by atoms with Crippen molar-refractivity contribution in [3.8, 4) is 0 Å². The number of aliphatic hydroxyl groups is 1. The highest BCUT2D eigenvalue weighted by Crippen LogP contribution is 2.67. The smallest absolute Gasteiger partial charge is 0.0973 e. The summed E-state index contributed by atoms with van der Waals surface area (Å²) in [5.41, 5.74) is 1.02. The standard InChI is InChI=1S/C32H55N2O/c1-4-17-34(18-9-6-10-19-34)25-21-28-26-12-11-24-20-30(35)29(33-15-7-5-8-16-33)23-32(24,3)27(26)13-14-31(28,2)22-25/h4,24-30,35H,1,5-23H2,2-3H3/q+1/t24-,25-,26?,27?,28?,29-,30-,31+,32-/m0/s1. The zero-order chi connectivity index (χ0) is 24.3. The van der Waals surface area contributed by atoms with E-state index in [4.69, 9.17) is 0 Å². The second-order valence-corrected chi connectivity index (χ2v) is 14.8. The molecular formula is C32H55N2O+. The highest BCUT2D eigenvalue weighted by molar-refractivity contribution is 5.11. The number of rotatable bonds is 4. The van der Waals surface area contributed by atoms with Gasteiger partial charge in [0.2, 0.25) is 0 Å². The summed E-state index contributed by atoms with van der Waals surface area (Å²) in [5.74, 6) is 3.52. The van der Waals surface area contributed by atoms with Crippen molar-refractivity contribution in [2.24, 2.45) is 34.5 Å². The predicted octanol–water partition coefficient (Wildman–Crippen LogP) is 6.41. The summed E-state index contributed by atoms with van der Waals surface area (Å²) < 4.78 is 1.37. The Kier molecular flexibility index (Phi) is 6.71. The van der Waals surface area contributed by atoms with Crippen LogP contribution in [-0.4, -0.2) is 65.4 Å². The third kappa shape index (κ3) is 4.09. The average Bonchev–Trinajstić information content (AvgIpc) is 3.24. The Hall–Kier alpha value is -0.380. The summed E-state index contributed by atoms with van der Waals surface area (Å²) in [7, 11) is 0. The monoisotopic (exact) mass is 483 g/mol. The lowest BCUT2D eigenvalue weighted by atomic mass is 9.44. The van der Waals surface area contributed by atoms with Gasteiger partial charge in [-0.25, -0.2) is 0 Å². The van der Waals surface area contributed by atoms with Crippen molar-refractivity contribution in [1.29, 1.82) is 0 Å². The van der Waals surface area contributed by atoms with Crippen LogP contribution in [0.5, 0.6) is 0 Å². The topological polar surface area (TPSA) is 23.5 Å². The summed E-state index contributed by atoms with van der Waals surface area (Å²) >= 11 is 0. The van der Waals surface area contributed by atoms with E-state index < -0.39 is 0 Å². The molecule has 2 saturated heterocycles. The molecule has 9 atom stereocenters. The molecule has 3 heteroatoms. The van der Waals surface area contributed by atoms with E-state index in [0.717, 1.165) is 36.1 Å². The fourth-order valence-corrected chi connectivity index (χ4v) is 11.4. The highest BCUT2D eigenvalue weighted by Gasteiger charge is 2.62. The highest BCUT2D eigenvalue weighted by atomic mass is 16.3. The second kappa shape index (κ2) is 9.42. The largest absolute Gasteiger partial charge is 0.391 e. The van der Waals surface area contributed by atoms with E-state index in [9.17, 15) is 5.11 Å². The minimum atomic E-state index is -0.0881. The third-order valence-corrected chi connectivity index (χ3v) is 13.3. The summed E-state index contributed by atoms with van der Waals surface area (Å²) in [6, 6.07) is 1.30. The van der Waals surface area contributed by atoms with Crippen molar-refractivity contribution in [2.75, 3.05) is 32.7 Å². The van der Waals surface area contributed by atoms with Crippen LogP contribution in [0.25, 0.3) is 0 Å². The summed E-state index contributed by atoms with van der Waals surface area (Å²) in [6.07, 6.45) is 21.6. The molecule has 2 aliphatic heterocycles. The van der Waals surface area contributed by atoms with Crippen LogP contribution in [0, 0.1) is 34.5 Å². The number of hydrogen-bond acceptors (Lipinski definition) is 2. The summed E-state index contributed by atoms with van der Waals surface area (Å²) in [6.45, 7) is 16.1. The first-order valence-electron chi connectivity index (χ1n) is 15.8. The number of quaternary nitrogens is 1. The molecule has 198 valence electrons. The molecule has 2 heterocycles. The van der Waals surface area contributed by atoms with Gasteiger partial charge in [0.15, 0.2) is 0 Å². The number of likely N-dealkylation sites (tertiary alicyclic amines) is 2. The molecule has 0 aromatic heterocycles. The van der Waals surface area contributed by atoms with Gasteiger partial charge in [-0.05, 0) is 124 Å². The maximum Gasteiger partial charge on any atom is 0.0973 e. The predicted molar refractivity (Wildman–Crippen MR) is 145 cm³/mol. The van der Waals surface area contributed by atoms with Gasteiger partial charge in [-0.3, -0.25) is 4.90 Å². The molecule has 35 heavy (non-hydrogen) atoms. The quantitative estimate of drug-likeness (QED) is 0.369. The lowest BCUT2D eigenvalue weighted by molar-refractivity contribution is -0.950. The third-order valence-electron chi connectivity index (χ3n) is 13.3. The molecule has 6 aliphatic rings. The first-order chi connectivity index (χ1) is 16.9. The minimum absolute atomic E-state index is 0.0881. The van der Waals surface area contributed by atoms with E-state index in [1.165, 1.54) is 121 Å². The fourth-order valence-electron chi connectivity index (χ4n) is 11.4. The summed E-state index contributed by atoms with van der Waals surface area (Å²) in [4.78, 5) is 2.71. The molecule has 3 unspecified atom stereocenters. The van der Waals surface area contributed by atoms with Gasteiger partial charge >= 0.3 is 0 Å². The first kappa shape index (κ1) is 24.9. The average molecular weight is 484 g/mol. The zero-order valence-electron chi connectivity index (χ0n) is 23.1. The Labute approximate surface area is 216 Å². The maximum absolute atomic E-state index is 11.3. The molecule has 0 spiro atoms. The van der Waals surface area contributed by atoms with Crippen LogP contribution >= 0.6 is 0 Å². The van der Waals surface area contributed by atoms with E-state index in [0.29, 0.717) is 16.9 Å². The van der Waals surface area contributed by atoms with Gasteiger partial charge in [-0.1, -0.05) is 26.8 Å². The molecule has 6 rings (SSSR count). The van der Waals surface area contributed by atoms with Crippen molar-refractivity contribution in [3.05, 3.63) is 12.7 Å². The minimum Gasteiger partial charge on any atom is -0.391 e. The molecule has 4 aliphatic carbocycles. The molecule has 0 aromatic rings. The lowest BCUT2D eigenvalue weighted by Crippen LogP contribution is -2.60. The van der Waals surface area contributed by atoms with Crippen LogP contribution in [0.3, 0.4) is 0 Å². The van der Waals surface area contributed by atoms with E-state index in [1.54, 1.807) is 0 Å². The first-order valence-corrected chi connectivity index (χ1v) is 15.8.